The Bertz CT molecular complexity index is 289. The highest BCUT2D eigenvalue weighted by Gasteiger charge is 2.58. The van der Waals surface area contributed by atoms with Gasteiger partial charge in [-0.15, -0.1) is 0 Å². The van der Waals surface area contributed by atoms with Gasteiger partial charge in [-0.3, -0.25) is 4.79 Å². The summed E-state index contributed by atoms with van der Waals surface area (Å²) in [7, 11) is 0. The van der Waals surface area contributed by atoms with E-state index in [9.17, 15) is 4.79 Å². The molecule has 2 rings (SSSR count). The van der Waals surface area contributed by atoms with Crippen molar-refractivity contribution in [2.45, 2.75) is 58.8 Å². The monoisotopic (exact) mass is 266 g/mol. The van der Waals surface area contributed by atoms with Gasteiger partial charge in [-0.05, 0) is 50.6 Å². The lowest BCUT2D eigenvalue weighted by Gasteiger charge is -2.27. The van der Waals surface area contributed by atoms with Gasteiger partial charge in [0.05, 0.1) is 0 Å². The molecule has 0 aromatic rings. The number of carbonyl (C=O) groups is 1. The second kappa shape index (κ2) is 6.74. The van der Waals surface area contributed by atoms with Gasteiger partial charge in [0, 0.05) is 19.0 Å². The van der Waals surface area contributed by atoms with E-state index in [1.165, 1.54) is 25.7 Å². The molecule has 3 heteroatoms. The maximum absolute atomic E-state index is 12.7. The van der Waals surface area contributed by atoms with Crippen LogP contribution in [0, 0.1) is 11.3 Å². The molecule has 2 fully saturated rings. The molecule has 1 unspecified atom stereocenters. The van der Waals surface area contributed by atoms with Crippen molar-refractivity contribution >= 4 is 5.91 Å². The lowest BCUT2D eigenvalue weighted by molar-refractivity contribution is -0.133. The molecule has 1 heterocycles. The van der Waals surface area contributed by atoms with E-state index in [0.717, 1.165) is 45.4 Å². The Morgan fingerprint density at radius 3 is 2.26 bits per heavy atom. The van der Waals surface area contributed by atoms with Crippen LogP contribution in [0.15, 0.2) is 0 Å². The van der Waals surface area contributed by atoms with Crippen molar-refractivity contribution < 1.29 is 4.79 Å². The Hall–Kier alpha value is -0.570. The van der Waals surface area contributed by atoms with Crippen LogP contribution in [0.5, 0.6) is 0 Å². The first-order chi connectivity index (χ1) is 9.23. The van der Waals surface area contributed by atoms with Gasteiger partial charge >= 0.3 is 0 Å². The fourth-order valence-corrected chi connectivity index (χ4v) is 3.42. The zero-order valence-corrected chi connectivity index (χ0v) is 12.7. The number of hydrogen-bond donors (Lipinski definition) is 1. The fraction of sp³-hybridized carbons (Fsp3) is 0.938. The molecule has 0 bridgehead atoms. The summed E-state index contributed by atoms with van der Waals surface area (Å²) in [5.41, 5.74) is 0.388. The van der Waals surface area contributed by atoms with Crippen molar-refractivity contribution in [3.63, 3.8) is 0 Å². The molecule has 3 nitrogen and oxygen atoms in total. The van der Waals surface area contributed by atoms with Gasteiger partial charge < -0.3 is 10.2 Å². The Labute approximate surface area is 118 Å². The highest BCUT2D eigenvalue weighted by molar-refractivity contribution is 5.82. The fourth-order valence-electron chi connectivity index (χ4n) is 3.42. The minimum atomic E-state index is 0.350. The van der Waals surface area contributed by atoms with Crippen LogP contribution in [-0.4, -0.2) is 37.0 Å². The smallest absolute Gasteiger partial charge is 0.226 e. The van der Waals surface area contributed by atoms with Gasteiger partial charge in [0.15, 0.2) is 0 Å². The largest absolute Gasteiger partial charge is 0.342 e. The second-order valence-corrected chi connectivity index (χ2v) is 6.40. The van der Waals surface area contributed by atoms with Crippen molar-refractivity contribution in [3.8, 4) is 0 Å². The number of nitrogens with zero attached hydrogens (tertiary/aromatic N) is 1. The predicted octanol–water partition coefficient (Wildman–Crippen LogP) is 2.80. The van der Waals surface area contributed by atoms with E-state index in [0.29, 0.717) is 17.2 Å². The molecular weight excluding hydrogens is 236 g/mol. The molecule has 1 saturated carbocycles. The molecule has 1 atom stereocenters. The molecule has 19 heavy (non-hydrogen) atoms. The summed E-state index contributed by atoms with van der Waals surface area (Å²) in [5.74, 6) is 0.812. The van der Waals surface area contributed by atoms with Gasteiger partial charge in [-0.2, -0.15) is 0 Å². The number of carbonyl (C=O) groups excluding carboxylic acids is 1. The molecule has 1 aliphatic carbocycles. The van der Waals surface area contributed by atoms with Crippen LogP contribution in [0.4, 0.5) is 0 Å². The Kier molecular flexibility index (Phi) is 5.26. The van der Waals surface area contributed by atoms with E-state index in [4.69, 9.17) is 0 Å². The summed E-state index contributed by atoms with van der Waals surface area (Å²) < 4.78 is 0. The van der Waals surface area contributed by atoms with E-state index in [1.54, 1.807) is 0 Å². The van der Waals surface area contributed by atoms with E-state index < -0.39 is 0 Å². The van der Waals surface area contributed by atoms with E-state index in [-0.39, 0.29) is 0 Å². The highest BCUT2D eigenvalue weighted by atomic mass is 16.2. The van der Waals surface area contributed by atoms with Crippen LogP contribution >= 0.6 is 0 Å². The minimum Gasteiger partial charge on any atom is -0.342 e. The minimum absolute atomic E-state index is 0.350. The molecule has 2 aliphatic rings. The van der Waals surface area contributed by atoms with Gasteiger partial charge in [-0.1, -0.05) is 26.7 Å². The number of rotatable bonds is 7. The summed E-state index contributed by atoms with van der Waals surface area (Å²) >= 11 is 0. The third-order valence-electron chi connectivity index (χ3n) is 4.96. The summed E-state index contributed by atoms with van der Waals surface area (Å²) in [6, 6.07) is 0. The predicted molar refractivity (Wildman–Crippen MR) is 79.0 cm³/mol. The maximum Gasteiger partial charge on any atom is 0.226 e. The van der Waals surface area contributed by atoms with E-state index in [2.05, 4.69) is 24.1 Å². The average molecular weight is 266 g/mol. The van der Waals surface area contributed by atoms with E-state index >= 15 is 0 Å². The van der Waals surface area contributed by atoms with Crippen molar-refractivity contribution in [2.75, 3.05) is 26.2 Å². The standard InChI is InChI=1S/C16H30N2O/c1-3-5-11-18(12-6-4-2)15(19)14-13-16(14)7-9-17-10-8-16/h14,17H,3-13H2,1-2H3. The lowest BCUT2D eigenvalue weighted by Crippen LogP contribution is -2.37. The molecule has 1 aliphatic heterocycles. The van der Waals surface area contributed by atoms with Crippen LogP contribution in [0.25, 0.3) is 0 Å². The lowest BCUT2D eigenvalue weighted by atomic mass is 9.91. The molecule has 0 aromatic heterocycles. The highest BCUT2D eigenvalue weighted by Crippen LogP contribution is 2.59. The van der Waals surface area contributed by atoms with Crippen LogP contribution in [0.1, 0.15) is 58.8 Å². The Morgan fingerprint density at radius 1 is 1.16 bits per heavy atom. The molecule has 0 radical (unpaired) electrons. The van der Waals surface area contributed by atoms with Gasteiger partial charge in [0.25, 0.3) is 0 Å². The average Bonchev–Trinajstić information content (AvgIpc) is 3.12. The number of piperidine rings is 1. The third kappa shape index (κ3) is 3.50. The number of amides is 1. The molecule has 1 saturated heterocycles. The summed E-state index contributed by atoms with van der Waals surface area (Å²) in [4.78, 5) is 14.9. The topological polar surface area (TPSA) is 32.3 Å². The van der Waals surface area contributed by atoms with Crippen LogP contribution < -0.4 is 5.32 Å². The van der Waals surface area contributed by atoms with Gasteiger partial charge in [-0.25, -0.2) is 0 Å². The summed E-state index contributed by atoms with van der Waals surface area (Å²) in [6.45, 7) is 8.56. The first-order valence-corrected chi connectivity index (χ1v) is 8.23. The van der Waals surface area contributed by atoms with Crippen LogP contribution in [0.3, 0.4) is 0 Å². The van der Waals surface area contributed by atoms with E-state index in [1.807, 2.05) is 0 Å². The zero-order chi connectivity index (χ0) is 13.7. The molecule has 110 valence electrons. The molecule has 0 aromatic carbocycles. The van der Waals surface area contributed by atoms with Crippen LogP contribution in [-0.2, 0) is 4.79 Å². The van der Waals surface area contributed by atoms with Crippen molar-refractivity contribution in [3.05, 3.63) is 0 Å². The second-order valence-electron chi connectivity index (χ2n) is 6.40. The SMILES string of the molecule is CCCCN(CCCC)C(=O)C1CC12CCNCC2. The third-order valence-corrected chi connectivity index (χ3v) is 4.96. The van der Waals surface area contributed by atoms with Crippen molar-refractivity contribution in [1.29, 1.82) is 0 Å². The van der Waals surface area contributed by atoms with Crippen molar-refractivity contribution in [1.82, 2.24) is 10.2 Å². The Morgan fingerprint density at radius 2 is 1.74 bits per heavy atom. The first kappa shape index (κ1) is 14.8. The quantitative estimate of drug-likeness (QED) is 0.768. The molecule has 1 amide bonds. The van der Waals surface area contributed by atoms with Crippen molar-refractivity contribution in [2.24, 2.45) is 11.3 Å². The van der Waals surface area contributed by atoms with Gasteiger partial charge in [0.2, 0.25) is 5.91 Å². The molecule has 1 N–H and O–H groups in total. The molecular formula is C16H30N2O. The first-order valence-electron chi connectivity index (χ1n) is 8.23. The zero-order valence-electron chi connectivity index (χ0n) is 12.7. The number of hydrogen-bond acceptors (Lipinski definition) is 2. The van der Waals surface area contributed by atoms with Gasteiger partial charge in [0.1, 0.15) is 0 Å². The molecule has 1 spiro atoms. The van der Waals surface area contributed by atoms with Crippen LogP contribution in [0.2, 0.25) is 0 Å². The number of nitrogens with one attached hydrogen (secondary N) is 1. The number of unbranched alkanes of at least 4 members (excludes halogenated alkanes) is 2. The maximum atomic E-state index is 12.7. The summed E-state index contributed by atoms with van der Waals surface area (Å²) in [6.07, 6.45) is 8.22. The summed E-state index contributed by atoms with van der Waals surface area (Å²) in [5, 5.41) is 3.41. The normalized spacial score (nSPS) is 24.4. The Balaban J connectivity index is 1.88.